The molecule has 0 spiro atoms. The molecule has 0 saturated heterocycles. The number of rotatable bonds is 3. The van der Waals surface area contributed by atoms with Gasteiger partial charge < -0.3 is 10.5 Å². The van der Waals surface area contributed by atoms with Gasteiger partial charge >= 0.3 is 0 Å². The highest BCUT2D eigenvalue weighted by Gasteiger charge is 2.21. The quantitative estimate of drug-likeness (QED) is 0.766. The third kappa shape index (κ3) is 2.05. The molecule has 15 heavy (non-hydrogen) atoms. The Kier molecular flexibility index (Phi) is 2.78. The van der Waals surface area contributed by atoms with Gasteiger partial charge in [0.05, 0.1) is 0 Å². The van der Waals surface area contributed by atoms with Crippen LogP contribution in [0.15, 0.2) is 30.4 Å². The Bertz CT molecular complexity index is 384. The molecule has 1 aromatic carbocycles. The Labute approximate surface area is 90.7 Å². The normalized spacial score (nSPS) is 18.7. The van der Waals surface area contributed by atoms with Crippen LogP contribution in [0.5, 0.6) is 5.75 Å². The van der Waals surface area contributed by atoms with E-state index in [4.69, 9.17) is 10.5 Å². The minimum atomic E-state index is 0.188. The van der Waals surface area contributed by atoms with Gasteiger partial charge in [-0.3, -0.25) is 0 Å². The molecular weight excluding hydrogens is 186 g/mol. The Morgan fingerprint density at radius 2 is 2.40 bits per heavy atom. The Morgan fingerprint density at radius 1 is 1.60 bits per heavy atom. The minimum Gasteiger partial charge on any atom is -0.489 e. The topological polar surface area (TPSA) is 35.2 Å². The third-order valence-electron chi connectivity index (χ3n) is 2.75. The van der Waals surface area contributed by atoms with Crippen molar-refractivity contribution in [2.75, 3.05) is 6.61 Å². The van der Waals surface area contributed by atoms with Crippen LogP contribution in [0.25, 0.3) is 0 Å². The Morgan fingerprint density at radius 3 is 3.13 bits per heavy atom. The third-order valence-corrected chi connectivity index (χ3v) is 2.75. The number of hydrogen-bond donors (Lipinski definition) is 1. The maximum atomic E-state index is 6.00. The number of hydrogen-bond acceptors (Lipinski definition) is 2. The average molecular weight is 203 g/mol. The molecule has 80 valence electrons. The van der Waals surface area contributed by atoms with Gasteiger partial charge in [-0.05, 0) is 42.5 Å². The van der Waals surface area contributed by atoms with Crippen molar-refractivity contribution < 1.29 is 4.74 Å². The zero-order chi connectivity index (χ0) is 10.8. The van der Waals surface area contributed by atoms with Crippen LogP contribution < -0.4 is 10.5 Å². The van der Waals surface area contributed by atoms with Gasteiger partial charge in [0.1, 0.15) is 12.4 Å². The number of nitrogens with two attached hydrogens (primary N) is 1. The molecule has 0 heterocycles. The second kappa shape index (κ2) is 4.07. The largest absolute Gasteiger partial charge is 0.489 e. The summed E-state index contributed by atoms with van der Waals surface area (Å²) in [5.41, 5.74) is 9.56. The van der Waals surface area contributed by atoms with E-state index in [1.807, 2.05) is 19.1 Å². The molecule has 0 aliphatic heterocycles. The number of benzene rings is 1. The van der Waals surface area contributed by atoms with E-state index in [2.05, 4.69) is 12.6 Å². The first kappa shape index (κ1) is 10.2. The molecule has 1 aliphatic rings. The van der Waals surface area contributed by atoms with Gasteiger partial charge in [0.15, 0.2) is 0 Å². The molecule has 0 bridgehead atoms. The zero-order valence-electron chi connectivity index (χ0n) is 9.12. The molecule has 0 fully saturated rings. The molecule has 2 nitrogen and oxygen atoms in total. The second-order valence-corrected chi connectivity index (χ2v) is 4.21. The van der Waals surface area contributed by atoms with Crippen LogP contribution in [0.2, 0.25) is 0 Å². The number of fused-ring (bicyclic) bond motifs is 1. The predicted octanol–water partition coefficient (Wildman–Crippen LogP) is 2.59. The van der Waals surface area contributed by atoms with E-state index in [1.54, 1.807) is 0 Å². The first-order valence-corrected chi connectivity index (χ1v) is 5.33. The van der Waals surface area contributed by atoms with Crippen molar-refractivity contribution in [3.63, 3.8) is 0 Å². The van der Waals surface area contributed by atoms with Gasteiger partial charge in [0, 0.05) is 6.04 Å². The molecule has 0 aromatic heterocycles. The van der Waals surface area contributed by atoms with Gasteiger partial charge in [-0.2, -0.15) is 0 Å². The van der Waals surface area contributed by atoms with Crippen molar-refractivity contribution in [3.8, 4) is 5.75 Å². The van der Waals surface area contributed by atoms with Crippen molar-refractivity contribution in [1.29, 1.82) is 0 Å². The lowest BCUT2D eigenvalue weighted by Crippen LogP contribution is -2.05. The fourth-order valence-electron chi connectivity index (χ4n) is 1.99. The standard InChI is InChI=1S/C13H17NO/c1-9(2)8-15-13-5-3-4-10-11(13)6-7-12(10)14/h3-5,12H,1,6-8,14H2,2H3. The van der Waals surface area contributed by atoms with E-state index >= 15 is 0 Å². The van der Waals surface area contributed by atoms with E-state index in [0.717, 1.165) is 24.2 Å². The summed E-state index contributed by atoms with van der Waals surface area (Å²) in [7, 11) is 0. The highest BCUT2D eigenvalue weighted by Crippen LogP contribution is 2.35. The molecule has 0 radical (unpaired) electrons. The summed E-state index contributed by atoms with van der Waals surface area (Å²) in [6.07, 6.45) is 2.06. The second-order valence-electron chi connectivity index (χ2n) is 4.21. The van der Waals surface area contributed by atoms with E-state index in [9.17, 15) is 0 Å². The smallest absolute Gasteiger partial charge is 0.123 e. The van der Waals surface area contributed by atoms with E-state index in [0.29, 0.717) is 6.61 Å². The summed E-state index contributed by atoms with van der Waals surface area (Å²) in [5, 5.41) is 0. The molecule has 1 aliphatic carbocycles. The first-order valence-electron chi connectivity index (χ1n) is 5.33. The monoisotopic (exact) mass is 203 g/mol. The lowest BCUT2D eigenvalue weighted by Gasteiger charge is -2.11. The summed E-state index contributed by atoms with van der Waals surface area (Å²) in [6.45, 7) is 6.39. The first-order chi connectivity index (χ1) is 7.18. The van der Waals surface area contributed by atoms with Gasteiger partial charge in [-0.25, -0.2) is 0 Å². The molecule has 1 atom stereocenters. The summed E-state index contributed by atoms with van der Waals surface area (Å²) < 4.78 is 5.70. The maximum Gasteiger partial charge on any atom is 0.123 e. The van der Waals surface area contributed by atoms with Crippen molar-refractivity contribution in [2.24, 2.45) is 5.73 Å². The van der Waals surface area contributed by atoms with Gasteiger partial charge in [0.25, 0.3) is 0 Å². The van der Waals surface area contributed by atoms with Crippen molar-refractivity contribution in [1.82, 2.24) is 0 Å². The summed E-state index contributed by atoms with van der Waals surface area (Å²) in [6, 6.07) is 6.31. The molecule has 2 rings (SSSR count). The predicted molar refractivity (Wildman–Crippen MR) is 62.0 cm³/mol. The van der Waals surface area contributed by atoms with Crippen LogP contribution in [0.4, 0.5) is 0 Å². The molecule has 1 unspecified atom stereocenters. The molecule has 0 saturated carbocycles. The van der Waals surface area contributed by atoms with E-state index in [1.165, 1.54) is 11.1 Å². The van der Waals surface area contributed by atoms with Gasteiger partial charge in [-0.1, -0.05) is 18.7 Å². The maximum absolute atomic E-state index is 6.00. The minimum absolute atomic E-state index is 0.188. The lowest BCUT2D eigenvalue weighted by molar-refractivity contribution is 0.349. The molecule has 2 N–H and O–H groups in total. The van der Waals surface area contributed by atoms with Crippen LogP contribution >= 0.6 is 0 Å². The van der Waals surface area contributed by atoms with Crippen molar-refractivity contribution in [2.45, 2.75) is 25.8 Å². The fraction of sp³-hybridized carbons (Fsp3) is 0.385. The molecule has 1 aromatic rings. The Balaban J connectivity index is 2.22. The van der Waals surface area contributed by atoms with E-state index < -0.39 is 0 Å². The summed E-state index contributed by atoms with van der Waals surface area (Å²) >= 11 is 0. The highest BCUT2D eigenvalue weighted by atomic mass is 16.5. The van der Waals surface area contributed by atoms with Crippen LogP contribution in [-0.4, -0.2) is 6.61 Å². The van der Waals surface area contributed by atoms with Crippen LogP contribution in [0, 0.1) is 0 Å². The SMILES string of the molecule is C=C(C)COc1cccc2c1CCC2N. The van der Waals surface area contributed by atoms with Crippen LogP contribution in [0.1, 0.15) is 30.5 Å². The summed E-state index contributed by atoms with van der Waals surface area (Å²) in [5.74, 6) is 0.975. The highest BCUT2D eigenvalue weighted by molar-refractivity contribution is 5.45. The zero-order valence-corrected chi connectivity index (χ0v) is 9.12. The van der Waals surface area contributed by atoms with Crippen LogP contribution in [0.3, 0.4) is 0 Å². The van der Waals surface area contributed by atoms with Crippen molar-refractivity contribution >= 4 is 0 Å². The molecule has 0 amide bonds. The average Bonchev–Trinajstić information content (AvgIpc) is 2.58. The lowest BCUT2D eigenvalue weighted by atomic mass is 10.1. The van der Waals surface area contributed by atoms with Gasteiger partial charge in [-0.15, -0.1) is 0 Å². The molecular formula is C13H17NO. The van der Waals surface area contributed by atoms with E-state index in [-0.39, 0.29) is 6.04 Å². The van der Waals surface area contributed by atoms with Gasteiger partial charge in [0.2, 0.25) is 0 Å². The molecule has 2 heteroatoms. The fourth-order valence-corrected chi connectivity index (χ4v) is 1.99. The van der Waals surface area contributed by atoms with Crippen LogP contribution in [-0.2, 0) is 6.42 Å². The number of ether oxygens (including phenoxy) is 1. The van der Waals surface area contributed by atoms with Crippen molar-refractivity contribution in [3.05, 3.63) is 41.5 Å². The Hall–Kier alpha value is -1.28. The summed E-state index contributed by atoms with van der Waals surface area (Å²) in [4.78, 5) is 0.